The molecule has 0 aliphatic carbocycles. The Labute approximate surface area is 120 Å². The third-order valence-corrected chi connectivity index (χ3v) is 3.80. The summed E-state index contributed by atoms with van der Waals surface area (Å²) in [5, 5.41) is -0.272. The number of benzene rings is 1. The van der Waals surface area contributed by atoms with Crippen LogP contribution in [0.2, 0.25) is 0 Å². The van der Waals surface area contributed by atoms with Crippen LogP contribution in [0.1, 0.15) is 29.2 Å². The summed E-state index contributed by atoms with van der Waals surface area (Å²) in [5.74, 6) is 1.69. The third-order valence-electron chi connectivity index (χ3n) is 2.84. The van der Waals surface area contributed by atoms with E-state index in [4.69, 9.17) is 20.8 Å². The molecule has 1 unspecified atom stereocenters. The molecule has 2 rings (SSSR count). The Morgan fingerprint density at radius 2 is 2.11 bits per heavy atom. The molecule has 0 bridgehead atoms. The number of halogens is 2. The van der Waals surface area contributed by atoms with E-state index in [1.807, 2.05) is 31.2 Å². The molecule has 4 heteroatoms. The van der Waals surface area contributed by atoms with Gasteiger partial charge in [0, 0.05) is 22.0 Å². The van der Waals surface area contributed by atoms with Crippen LogP contribution in [0.3, 0.4) is 0 Å². The molecular formula is C14H14BrClO2. The van der Waals surface area contributed by atoms with E-state index >= 15 is 0 Å². The lowest BCUT2D eigenvalue weighted by molar-refractivity contribution is 0.410. The van der Waals surface area contributed by atoms with Crippen molar-refractivity contribution in [3.63, 3.8) is 0 Å². The molecular weight excluding hydrogens is 316 g/mol. The summed E-state index contributed by atoms with van der Waals surface area (Å²) in [5.41, 5.74) is 1.93. The highest BCUT2D eigenvalue weighted by Gasteiger charge is 2.20. The fraction of sp³-hybridized carbons (Fsp3) is 0.286. The summed E-state index contributed by atoms with van der Waals surface area (Å²) in [6.07, 6.45) is 2.50. The van der Waals surface area contributed by atoms with Gasteiger partial charge in [0.05, 0.1) is 18.8 Å². The number of hydrogen-bond acceptors (Lipinski definition) is 2. The zero-order valence-corrected chi connectivity index (χ0v) is 12.6. The lowest BCUT2D eigenvalue weighted by atomic mass is 10.0. The van der Waals surface area contributed by atoms with Gasteiger partial charge in [-0.15, -0.1) is 11.6 Å². The molecule has 1 aromatic carbocycles. The average molecular weight is 330 g/mol. The van der Waals surface area contributed by atoms with Gasteiger partial charge >= 0.3 is 0 Å². The van der Waals surface area contributed by atoms with Crippen LogP contribution in [0.5, 0.6) is 5.75 Å². The quantitative estimate of drug-likeness (QED) is 0.741. The molecule has 2 aromatic rings. The van der Waals surface area contributed by atoms with Gasteiger partial charge in [-0.1, -0.05) is 22.9 Å². The summed E-state index contributed by atoms with van der Waals surface area (Å²) >= 11 is 10.0. The van der Waals surface area contributed by atoms with Crippen LogP contribution in [0.25, 0.3) is 0 Å². The van der Waals surface area contributed by atoms with Crippen molar-refractivity contribution in [3.05, 3.63) is 51.9 Å². The minimum Gasteiger partial charge on any atom is -0.496 e. The summed E-state index contributed by atoms with van der Waals surface area (Å²) in [6, 6.07) is 7.72. The maximum absolute atomic E-state index is 6.55. The number of furan rings is 1. The predicted octanol–water partition coefficient (Wildman–Crippen LogP) is 4.94. The van der Waals surface area contributed by atoms with Crippen LogP contribution in [-0.2, 0) is 6.42 Å². The van der Waals surface area contributed by atoms with Crippen LogP contribution < -0.4 is 4.74 Å². The first-order valence-corrected chi connectivity index (χ1v) is 6.94. The Bertz CT molecular complexity index is 536. The lowest BCUT2D eigenvalue weighted by Crippen LogP contribution is -1.99. The topological polar surface area (TPSA) is 22.4 Å². The van der Waals surface area contributed by atoms with E-state index in [0.717, 1.165) is 33.5 Å². The van der Waals surface area contributed by atoms with E-state index in [9.17, 15) is 0 Å². The van der Waals surface area contributed by atoms with Crippen LogP contribution in [0, 0.1) is 0 Å². The average Bonchev–Trinajstić information content (AvgIpc) is 2.86. The number of ether oxygens (including phenoxy) is 1. The summed E-state index contributed by atoms with van der Waals surface area (Å²) in [6.45, 7) is 2.05. The van der Waals surface area contributed by atoms with Crippen molar-refractivity contribution < 1.29 is 9.15 Å². The summed E-state index contributed by atoms with van der Waals surface area (Å²) in [7, 11) is 1.65. The molecule has 0 spiro atoms. The third kappa shape index (κ3) is 2.57. The molecule has 96 valence electrons. The predicted molar refractivity (Wildman–Crippen MR) is 76.5 cm³/mol. The van der Waals surface area contributed by atoms with Crippen LogP contribution >= 0.6 is 27.5 Å². The van der Waals surface area contributed by atoms with Gasteiger partial charge in [0.2, 0.25) is 0 Å². The van der Waals surface area contributed by atoms with E-state index in [1.165, 1.54) is 0 Å². The zero-order valence-electron chi connectivity index (χ0n) is 10.2. The van der Waals surface area contributed by atoms with E-state index in [1.54, 1.807) is 13.4 Å². The SMILES string of the molecule is CCc1occc1C(Cl)c1cc(Br)ccc1OC. The van der Waals surface area contributed by atoms with Crippen molar-refractivity contribution in [2.45, 2.75) is 18.7 Å². The second kappa shape index (κ2) is 5.81. The maximum Gasteiger partial charge on any atom is 0.123 e. The smallest absolute Gasteiger partial charge is 0.123 e. The Morgan fingerprint density at radius 3 is 2.78 bits per heavy atom. The van der Waals surface area contributed by atoms with E-state index < -0.39 is 0 Å². The lowest BCUT2D eigenvalue weighted by Gasteiger charge is -2.14. The fourth-order valence-electron chi connectivity index (χ4n) is 1.93. The molecule has 2 nitrogen and oxygen atoms in total. The highest BCUT2D eigenvalue weighted by Crippen LogP contribution is 2.38. The molecule has 0 aliphatic heterocycles. The summed E-state index contributed by atoms with van der Waals surface area (Å²) < 4.78 is 11.8. The second-order valence-corrected chi connectivity index (χ2v) is 5.25. The highest BCUT2D eigenvalue weighted by molar-refractivity contribution is 9.10. The molecule has 1 aromatic heterocycles. The van der Waals surface area contributed by atoms with Gasteiger partial charge in [0.25, 0.3) is 0 Å². The van der Waals surface area contributed by atoms with Gasteiger partial charge in [-0.2, -0.15) is 0 Å². The Morgan fingerprint density at radius 1 is 1.33 bits per heavy atom. The summed E-state index contributed by atoms with van der Waals surface area (Å²) in [4.78, 5) is 0. The molecule has 1 heterocycles. The first-order valence-electron chi connectivity index (χ1n) is 5.71. The maximum atomic E-state index is 6.55. The number of methoxy groups -OCH3 is 1. The molecule has 0 saturated carbocycles. The molecule has 0 aliphatic rings. The Hall–Kier alpha value is -0.930. The van der Waals surface area contributed by atoms with Gasteiger partial charge in [0.15, 0.2) is 0 Å². The van der Waals surface area contributed by atoms with Crippen molar-refractivity contribution >= 4 is 27.5 Å². The molecule has 0 radical (unpaired) electrons. The first-order chi connectivity index (χ1) is 8.67. The van der Waals surface area contributed by atoms with Gasteiger partial charge in [-0.3, -0.25) is 0 Å². The van der Waals surface area contributed by atoms with Crippen LogP contribution in [-0.4, -0.2) is 7.11 Å². The second-order valence-electron chi connectivity index (χ2n) is 3.90. The zero-order chi connectivity index (χ0) is 13.1. The Balaban J connectivity index is 2.45. The molecule has 1 atom stereocenters. The normalized spacial score (nSPS) is 12.4. The number of hydrogen-bond donors (Lipinski definition) is 0. The van der Waals surface area contributed by atoms with Crippen LogP contribution in [0.15, 0.2) is 39.4 Å². The largest absolute Gasteiger partial charge is 0.496 e. The van der Waals surface area contributed by atoms with E-state index in [0.29, 0.717) is 0 Å². The monoisotopic (exact) mass is 328 g/mol. The van der Waals surface area contributed by atoms with Crippen molar-refractivity contribution in [3.8, 4) is 5.75 Å². The van der Waals surface area contributed by atoms with Crippen molar-refractivity contribution in [1.29, 1.82) is 0 Å². The number of alkyl halides is 1. The van der Waals surface area contributed by atoms with Crippen molar-refractivity contribution in [2.75, 3.05) is 7.11 Å². The minimum absolute atomic E-state index is 0.272. The highest BCUT2D eigenvalue weighted by atomic mass is 79.9. The van der Waals surface area contributed by atoms with Crippen molar-refractivity contribution in [1.82, 2.24) is 0 Å². The van der Waals surface area contributed by atoms with Gasteiger partial charge < -0.3 is 9.15 Å². The molecule has 0 fully saturated rings. The Kier molecular flexibility index (Phi) is 4.36. The minimum atomic E-state index is -0.272. The van der Waals surface area contributed by atoms with Gasteiger partial charge in [-0.05, 0) is 24.3 Å². The van der Waals surface area contributed by atoms with Crippen molar-refractivity contribution in [2.24, 2.45) is 0 Å². The van der Waals surface area contributed by atoms with Gasteiger partial charge in [0.1, 0.15) is 11.5 Å². The molecule has 18 heavy (non-hydrogen) atoms. The number of rotatable bonds is 4. The first kappa shape index (κ1) is 13.5. The van der Waals surface area contributed by atoms with Crippen LogP contribution in [0.4, 0.5) is 0 Å². The van der Waals surface area contributed by atoms with E-state index in [2.05, 4.69) is 15.9 Å². The number of aryl methyl sites for hydroxylation is 1. The molecule has 0 saturated heterocycles. The van der Waals surface area contributed by atoms with Gasteiger partial charge in [-0.25, -0.2) is 0 Å². The fourth-order valence-corrected chi connectivity index (χ4v) is 2.68. The van der Waals surface area contributed by atoms with E-state index in [-0.39, 0.29) is 5.38 Å². The molecule has 0 N–H and O–H groups in total. The standard InChI is InChI=1S/C14H14BrClO2/c1-3-12-10(6-7-18-12)14(16)11-8-9(15)4-5-13(11)17-2/h4-8,14H,3H2,1-2H3. The molecule has 0 amide bonds.